The van der Waals surface area contributed by atoms with Crippen LogP contribution in [0.3, 0.4) is 0 Å². The average molecular weight is 611 g/mol. The van der Waals surface area contributed by atoms with Crippen molar-refractivity contribution in [3.05, 3.63) is 35.4 Å². The van der Waals surface area contributed by atoms with Gasteiger partial charge in [-0.2, -0.15) is 0 Å². The van der Waals surface area contributed by atoms with E-state index in [9.17, 15) is 40.2 Å². The molecule has 238 valence electrons. The molecule has 2 aromatic rings. The van der Waals surface area contributed by atoms with Gasteiger partial charge in [-0.05, 0) is 48.2 Å². The quantitative estimate of drug-likeness (QED) is 0.105. The van der Waals surface area contributed by atoms with E-state index in [-0.39, 0.29) is 73.0 Å². The van der Waals surface area contributed by atoms with Crippen molar-refractivity contribution in [2.45, 2.75) is 62.8 Å². The van der Waals surface area contributed by atoms with Crippen LogP contribution in [0, 0.1) is 0 Å². The molecule has 0 aliphatic carbocycles. The minimum atomic E-state index is -1.76. The molecule has 0 unspecified atom stereocenters. The second kappa shape index (κ2) is 15.7. The first-order chi connectivity index (χ1) is 20.5. The predicted molar refractivity (Wildman–Crippen MR) is 148 cm³/mol. The number of aliphatic hydroxyl groups is 5. The third-order valence-electron chi connectivity index (χ3n) is 6.87. The van der Waals surface area contributed by atoms with Crippen LogP contribution in [-0.4, -0.2) is 112 Å². The second-order valence-electron chi connectivity index (χ2n) is 9.88. The summed E-state index contributed by atoms with van der Waals surface area (Å²) in [4.78, 5) is 23.5. The van der Waals surface area contributed by atoms with E-state index in [1.807, 2.05) is 0 Å². The molecule has 14 heteroatoms. The SMILES string of the molecule is COc1cc(CCC(=O)O)cc(-c2cc(CCC(=O)OCCCO)cc(OC)c2O[C@@H]2O[C@H](CO)[C@@H](O)[C@H](O)[C@H]2O)c1O. The molecule has 0 radical (unpaired) electrons. The Bertz CT molecular complexity index is 1250. The van der Waals surface area contributed by atoms with Gasteiger partial charge < -0.3 is 59.4 Å². The highest BCUT2D eigenvalue weighted by molar-refractivity contribution is 5.82. The number of aliphatic hydroxyl groups excluding tert-OH is 5. The number of carboxylic acids is 1. The number of benzene rings is 2. The molecule has 2 aromatic carbocycles. The van der Waals surface area contributed by atoms with Crippen molar-refractivity contribution in [3.8, 4) is 34.1 Å². The number of hydrogen-bond acceptors (Lipinski definition) is 13. The molecule has 1 heterocycles. The maximum Gasteiger partial charge on any atom is 0.306 e. The van der Waals surface area contributed by atoms with Crippen LogP contribution in [0.25, 0.3) is 11.1 Å². The Morgan fingerprint density at radius 3 is 2.09 bits per heavy atom. The van der Waals surface area contributed by atoms with Crippen molar-refractivity contribution in [1.29, 1.82) is 0 Å². The summed E-state index contributed by atoms with van der Waals surface area (Å²) in [5, 5.41) is 70.0. The molecule has 1 saturated heterocycles. The van der Waals surface area contributed by atoms with E-state index in [4.69, 9.17) is 28.8 Å². The van der Waals surface area contributed by atoms with E-state index >= 15 is 0 Å². The summed E-state index contributed by atoms with van der Waals surface area (Å²) in [5.74, 6) is -1.83. The van der Waals surface area contributed by atoms with Crippen LogP contribution in [0.4, 0.5) is 0 Å². The van der Waals surface area contributed by atoms with E-state index in [2.05, 4.69) is 0 Å². The first kappa shape index (κ1) is 33.8. The maximum atomic E-state index is 12.2. The van der Waals surface area contributed by atoms with Crippen molar-refractivity contribution in [3.63, 3.8) is 0 Å². The number of phenolic OH excluding ortho intramolecular Hbond substituents is 1. The summed E-state index contributed by atoms with van der Waals surface area (Å²) in [6, 6.07) is 6.15. The minimum Gasteiger partial charge on any atom is -0.504 e. The molecule has 0 aromatic heterocycles. The smallest absolute Gasteiger partial charge is 0.306 e. The summed E-state index contributed by atoms with van der Waals surface area (Å²) in [6.45, 7) is -0.749. The van der Waals surface area contributed by atoms with Gasteiger partial charge in [0.2, 0.25) is 6.29 Å². The van der Waals surface area contributed by atoms with Crippen LogP contribution in [0.15, 0.2) is 24.3 Å². The fourth-order valence-electron chi connectivity index (χ4n) is 4.55. The van der Waals surface area contributed by atoms with Gasteiger partial charge in [0.05, 0.1) is 27.4 Å². The van der Waals surface area contributed by atoms with Gasteiger partial charge >= 0.3 is 11.9 Å². The van der Waals surface area contributed by atoms with E-state index in [0.717, 1.165) is 0 Å². The number of aliphatic carboxylic acids is 1. The normalized spacial score (nSPS) is 21.7. The van der Waals surface area contributed by atoms with Gasteiger partial charge in [0.25, 0.3) is 0 Å². The van der Waals surface area contributed by atoms with Crippen molar-refractivity contribution in [2.75, 3.05) is 34.0 Å². The zero-order chi connectivity index (χ0) is 31.7. The molecular weight excluding hydrogens is 572 g/mol. The van der Waals surface area contributed by atoms with Crippen LogP contribution in [0.5, 0.6) is 23.0 Å². The lowest BCUT2D eigenvalue weighted by Crippen LogP contribution is -2.60. The molecule has 0 bridgehead atoms. The Kier molecular flexibility index (Phi) is 12.4. The second-order valence-corrected chi connectivity index (χ2v) is 9.88. The Morgan fingerprint density at radius 1 is 0.860 bits per heavy atom. The monoisotopic (exact) mass is 610 g/mol. The topological polar surface area (TPSA) is 222 Å². The van der Waals surface area contributed by atoms with Gasteiger partial charge in [-0.1, -0.05) is 0 Å². The summed E-state index contributed by atoms with van der Waals surface area (Å²) in [5.41, 5.74) is 1.35. The molecule has 0 saturated carbocycles. The van der Waals surface area contributed by atoms with Gasteiger partial charge in [-0.3, -0.25) is 9.59 Å². The number of aryl methyl sites for hydroxylation is 2. The minimum absolute atomic E-state index is 0.0328. The van der Waals surface area contributed by atoms with E-state index in [1.165, 1.54) is 26.4 Å². The summed E-state index contributed by atoms with van der Waals surface area (Å²) in [6.07, 6.45) is -7.65. The number of esters is 1. The molecule has 43 heavy (non-hydrogen) atoms. The van der Waals surface area contributed by atoms with Crippen molar-refractivity contribution in [2.24, 2.45) is 0 Å². The molecular formula is C29H38O14. The van der Waals surface area contributed by atoms with Crippen molar-refractivity contribution < 1.29 is 69.0 Å². The zero-order valence-electron chi connectivity index (χ0n) is 23.8. The lowest BCUT2D eigenvalue weighted by Gasteiger charge is -2.40. The molecule has 3 rings (SSSR count). The number of rotatable bonds is 15. The first-order valence-electron chi connectivity index (χ1n) is 13.6. The molecule has 1 aliphatic heterocycles. The maximum absolute atomic E-state index is 12.2. The van der Waals surface area contributed by atoms with Crippen LogP contribution < -0.4 is 14.2 Å². The molecule has 1 aliphatic rings. The fraction of sp³-hybridized carbons (Fsp3) is 0.517. The summed E-state index contributed by atoms with van der Waals surface area (Å²) in [7, 11) is 2.65. The number of phenols is 1. The largest absolute Gasteiger partial charge is 0.504 e. The van der Waals surface area contributed by atoms with Crippen molar-refractivity contribution >= 4 is 11.9 Å². The lowest BCUT2D eigenvalue weighted by molar-refractivity contribution is -0.277. The van der Waals surface area contributed by atoms with Gasteiger partial charge in [0.1, 0.15) is 24.4 Å². The number of ether oxygens (including phenoxy) is 5. The van der Waals surface area contributed by atoms with Crippen molar-refractivity contribution in [1.82, 2.24) is 0 Å². The fourth-order valence-corrected chi connectivity index (χ4v) is 4.55. The third-order valence-corrected chi connectivity index (χ3v) is 6.87. The van der Waals surface area contributed by atoms with E-state index in [1.54, 1.807) is 12.1 Å². The standard InChI is InChI=1S/C29H38O14/c1-39-19-12-15(4-6-22(32)33)10-17(24(19)35)18-11-16(5-7-23(34)41-9-3-8-30)13-20(40-2)28(18)43-29-27(38)26(37)25(36)21(14-31)42-29/h10-13,21,25-27,29-31,35-38H,3-9,14H2,1-2H3,(H,32,33)/t21-,25-,26+,27-,29+/m1/s1. The number of hydrogen-bond donors (Lipinski definition) is 7. The molecule has 1 fully saturated rings. The number of carbonyl (C=O) groups excluding carboxylic acids is 1. The van der Waals surface area contributed by atoms with Crippen LogP contribution in [0.1, 0.15) is 30.4 Å². The highest BCUT2D eigenvalue weighted by atomic mass is 16.7. The molecule has 5 atom stereocenters. The third kappa shape index (κ3) is 8.46. The van der Waals surface area contributed by atoms with E-state index < -0.39 is 49.3 Å². The van der Waals surface area contributed by atoms with Gasteiger partial charge in [0, 0.05) is 37.0 Å². The Balaban J connectivity index is 2.12. The first-order valence-corrected chi connectivity index (χ1v) is 13.6. The summed E-state index contributed by atoms with van der Waals surface area (Å²) < 4.78 is 27.5. The van der Waals surface area contributed by atoms with Gasteiger partial charge in [0.15, 0.2) is 23.0 Å². The zero-order valence-corrected chi connectivity index (χ0v) is 23.8. The van der Waals surface area contributed by atoms with Gasteiger partial charge in [-0.25, -0.2) is 0 Å². The highest BCUT2D eigenvalue weighted by Gasteiger charge is 2.45. The van der Waals surface area contributed by atoms with E-state index in [0.29, 0.717) is 17.5 Å². The Hall–Kier alpha value is -3.66. The molecule has 14 nitrogen and oxygen atoms in total. The number of carboxylic acid groups (broad SMARTS) is 1. The highest BCUT2D eigenvalue weighted by Crippen LogP contribution is 2.47. The Labute approximate surface area is 247 Å². The van der Waals surface area contributed by atoms with Crippen LogP contribution in [0.2, 0.25) is 0 Å². The van der Waals surface area contributed by atoms with Gasteiger partial charge in [-0.15, -0.1) is 0 Å². The molecule has 0 spiro atoms. The number of methoxy groups -OCH3 is 2. The average Bonchev–Trinajstić information content (AvgIpc) is 2.99. The van der Waals surface area contributed by atoms with Crippen LogP contribution in [-0.2, 0) is 31.9 Å². The Morgan fingerprint density at radius 2 is 1.49 bits per heavy atom. The molecule has 0 amide bonds. The predicted octanol–water partition coefficient (Wildman–Crippen LogP) is 0.130. The number of aromatic hydroxyl groups is 1. The summed E-state index contributed by atoms with van der Waals surface area (Å²) >= 11 is 0. The molecule has 7 N–H and O–H groups in total. The number of carbonyl (C=O) groups is 2. The lowest BCUT2D eigenvalue weighted by atomic mass is 9.95. The van der Waals surface area contributed by atoms with Crippen LogP contribution >= 0.6 is 0 Å².